The Bertz CT molecular complexity index is 958. The molecule has 8 nitrogen and oxygen atoms in total. The number of benzene rings is 1. The van der Waals surface area contributed by atoms with E-state index in [1.807, 2.05) is 29.2 Å². The van der Waals surface area contributed by atoms with Crippen molar-refractivity contribution in [3.8, 4) is 17.0 Å². The summed E-state index contributed by atoms with van der Waals surface area (Å²) in [4.78, 5) is 31.0. The smallest absolute Gasteiger partial charge is 0.269 e. The molecule has 0 bridgehead atoms. The summed E-state index contributed by atoms with van der Waals surface area (Å²) in [5, 5.41) is 0. The van der Waals surface area contributed by atoms with E-state index in [9.17, 15) is 9.59 Å². The minimum Gasteiger partial charge on any atom is -0.497 e. The average molecular weight is 409 g/mol. The second kappa shape index (κ2) is 8.22. The second-order valence-electron chi connectivity index (χ2n) is 7.77. The third-order valence-electron chi connectivity index (χ3n) is 6.15. The molecule has 2 aromatic rings. The molecule has 1 atom stereocenters. The molecule has 2 aliphatic heterocycles. The van der Waals surface area contributed by atoms with Crippen molar-refractivity contribution in [2.45, 2.75) is 25.2 Å². The van der Waals surface area contributed by atoms with Gasteiger partial charge in [0.05, 0.1) is 7.11 Å². The average Bonchev–Trinajstić information content (AvgIpc) is 3.18. The van der Waals surface area contributed by atoms with Crippen LogP contribution in [0.4, 0.5) is 0 Å². The number of rotatable bonds is 5. The highest BCUT2D eigenvalue weighted by molar-refractivity contribution is 5.97. The number of imidazole rings is 1. The van der Waals surface area contributed by atoms with Gasteiger partial charge in [0.1, 0.15) is 17.3 Å². The first-order chi connectivity index (χ1) is 14.5. The van der Waals surface area contributed by atoms with Gasteiger partial charge in [-0.2, -0.15) is 0 Å². The topological polar surface area (TPSA) is 102 Å². The van der Waals surface area contributed by atoms with Crippen molar-refractivity contribution in [3.63, 3.8) is 0 Å². The Morgan fingerprint density at radius 1 is 1.23 bits per heavy atom. The van der Waals surface area contributed by atoms with Crippen molar-refractivity contribution >= 4 is 11.8 Å². The van der Waals surface area contributed by atoms with E-state index in [0.29, 0.717) is 30.4 Å². The van der Waals surface area contributed by atoms with Crippen LogP contribution in [0.1, 0.15) is 41.5 Å². The Labute approximate surface area is 175 Å². The van der Waals surface area contributed by atoms with Gasteiger partial charge in [-0.05, 0) is 55.5 Å². The molecule has 30 heavy (non-hydrogen) atoms. The number of nitrogens with zero attached hydrogens (tertiary/aromatic N) is 3. The number of piperidine rings is 1. The summed E-state index contributed by atoms with van der Waals surface area (Å²) < 4.78 is 7.01. The van der Waals surface area contributed by atoms with E-state index in [4.69, 9.17) is 15.5 Å². The fraction of sp³-hybridized carbons (Fsp3) is 0.409. The lowest BCUT2D eigenvalue weighted by Gasteiger charge is -2.37. The van der Waals surface area contributed by atoms with Crippen LogP contribution in [0, 0.1) is 5.92 Å². The minimum atomic E-state index is -0.515. The molecule has 3 heterocycles. The molecule has 1 aromatic carbocycles. The van der Waals surface area contributed by atoms with Gasteiger partial charge in [-0.15, -0.1) is 0 Å². The Balaban J connectivity index is 1.66. The van der Waals surface area contributed by atoms with Gasteiger partial charge in [0, 0.05) is 31.1 Å². The van der Waals surface area contributed by atoms with Crippen LogP contribution in [0.25, 0.3) is 11.3 Å². The third kappa shape index (κ3) is 3.53. The highest BCUT2D eigenvalue weighted by Gasteiger charge is 2.36. The summed E-state index contributed by atoms with van der Waals surface area (Å²) in [5.41, 5.74) is 10.8. The van der Waals surface area contributed by atoms with Crippen LogP contribution in [-0.4, -0.2) is 53.1 Å². The summed E-state index contributed by atoms with van der Waals surface area (Å²) in [6.07, 6.45) is 4.11. The number of ether oxygens (including phenoxy) is 1. The molecule has 1 saturated heterocycles. The third-order valence-corrected chi connectivity index (χ3v) is 6.15. The SMILES string of the molecule is C=CC(=O)N1CCC(C2CCNn3c2nc(-c2ccc(OC)cc2)c3C(N)=O)CC1. The van der Waals surface area contributed by atoms with Gasteiger partial charge in [0.15, 0.2) is 5.69 Å². The van der Waals surface area contributed by atoms with Gasteiger partial charge in [-0.1, -0.05) is 6.58 Å². The number of amides is 2. The zero-order valence-electron chi connectivity index (χ0n) is 17.1. The van der Waals surface area contributed by atoms with Crippen molar-refractivity contribution in [3.05, 3.63) is 48.4 Å². The Hall–Kier alpha value is -3.29. The number of carbonyl (C=O) groups excluding carboxylic acids is 2. The monoisotopic (exact) mass is 409 g/mol. The van der Waals surface area contributed by atoms with E-state index in [0.717, 1.165) is 42.9 Å². The molecule has 0 spiro atoms. The number of fused-ring (bicyclic) bond motifs is 1. The molecule has 2 aliphatic rings. The maximum absolute atomic E-state index is 12.3. The van der Waals surface area contributed by atoms with Crippen LogP contribution >= 0.6 is 0 Å². The Morgan fingerprint density at radius 3 is 2.53 bits per heavy atom. The summed E-state index contributed by atoms with van der Waals surface area (Å²) in [6.45, 7) is 5.75. The first kappa shape index (κ1) is 20.0. The van der Waals surface area contributed by atoms with Crippen LogP contribution < -0.4 is 15.9 Å². The van der Waals surface area contributed by atoms with Crippen molar-refractivity contribution in [1.29, 1.82) is 0 Å². The zero-order chi connectivity index (χ0) is 21.3. The maximum Gasteiger partial charge on any atom is 0.269 e. The van der Waals surface area contributed by atoms with Crippen molar-refractivity contribution in [2.24, 2.45) is 11.7 Å². The number of likely N-dealkylation sites (tertiary alicyclic amines) is 1. The van der Waals surface area contributed by atoms with Crippen LogP contribution in [0.5, 0.6) is 5.75 Å². The molecule has 3 N–H and O–H groups in total. The molecule has 0 radical (unpaired) electrons. The van der Waals surface area contributed by atoms with E-state index in [-0.39, 0.29) is 11.8 Å². The number of primary amides is 1. The number of nitrogens with two attached hydrogens (primary N) is 1. The van der Waals surface area contributed by atoms with E-state index >= 15 is 0 Å². The van der Waals surface area contributed by atoms with Gasteiger partial charge < -0.3 is 20.8 Å². The molecule has 4 rings (SSSR count). The second-order valence-corrected chi connectivity index (χ2v) is 7.77. The van der Waals surface area contributed by atoms with Gasteiger partial charge >= 0.3 is 0 Å². The van der Waals surface area contributed by atoms with E-state index in [2.05, 4.69) is 12.0 Å². The molecular formula is C22H27N5O3. The quantitative estimate of drug-likeness (QED) is 0.737. The first-order valence-electron chi connectivity index (χ1n) is 10.3. The number of aromatic nitrogens is 2. The lowest BCUT2D eigenvalue weighted by Crippen LogP contribution is -2.41. The summed E-state index contributed by atoms with van der Waals surface area (Å²) in [7, 11) is 1.61. The molecule has 1 aromatic heterocycles. The summed E-state index contributed by atoms with van der Waals surface area (Å²) in [5.74, 6) is 1.65. The first-order valence-corrected chi connectivity index (χ1v) is 10.3. The Morgan fingerprint density at radius 2 is 1.93 bits per heavy atom. The van der Waals surface area contributed by atoms with Gasteiger partial charge in [-0.25, -0.2) is 9.66 Å². The number of hydrogen-bond acceptors (Lipinski definition) is 5. The number of methoxy groups -OCH3 is 1. The van der Waals surface area contributed by atoms with Crippen molar-refractivity contribution in [2.75, 3.05) is 32.2 Å². The van der Waals surface area contributed by atoms with E-state index in [1.54, 1.807) is 11.8 Å². The Kier molecular flexibility index (Phi) is 5.48. The molecule has 2 amide bonds. The minimum absolute atomic E-state index is 0.0157. The van der Waals surface area contributed by atoms with Crippen LogP contribution in [0.3, 0.4) is 0 Å². The highest BCUT2D eigenvalue weighted by atomic mass is 16.5. The number of nitrogens with one attached hydrogen (secondary N) is 1. The molecule has 0 saturated carbocycles. The molecule has 8 heteroatoms. The molecule has 1 unspecified atom stereocenters. The van der Waals surface area contributed by atoms with Crippen LogP contribution in [0.2, 0.25) is 0 Å². The lowest BCUT2D eigenvalue weighted by molar-refractivity contribution is -0.127. The summed E-state index contributed by atoms with van der Waals surface area (Å²) in [6, 6.07) is 7.45. The molecule has 0 aliphatic carbocycles. The fourth-order valence-electron chi connectivity index (χ4n) is 4.58. The standard InChI is InChI=1S/C22H27N5O3/c1-3-18(28)26-12-9-14(10-13-26)17-8-11-24-27-20(21(23)29)19(25-22(17)27)15-4-6-16(30-2)7-5-15/h3-7,14,17,24H,1,8-13H2,2H3,(H2,23,29). The largest absolute Gasteiger partial charge is 0.497 e. The van der Waals surface area contributed by atoms with E-state index < -0.39 is 5.91 Å². The lowest BCUT2D eigenvalue weighted by atomic mass is 9.81. The number of carbonyl (C=O) groups is 2. The maximum atomic E-state index is 12.3. The summed E-state index contributed by atoms with van der Waals surface area (Å²) >= 11 is 0. The zero-order valence-corrected chi connectivity index (χ0v) is 17.1. The van der Waals surface area contributed by atoms with E-state index in [1.165, 1.54) is 6.08 Å². The predicted molar refractivity (Wildman–Crippen MR) is 114 cm³/mol. The number of hydrogen-bond donors (Lipinski definition) is 2. The van der Waals surface area contributed by atoms with Gasteiger partial charge in [0.2, 0.25) is 5.91 Å². The normalized spacial score (nSPS) is 19.0. The van der Waals surface area contributed by atoms with Crippen LogP contribution in [-0.2, 0) is 4.79 Å². The predicted octanol–water partition coefficient (Wildman–Crippen LogP) is 2.11. The van der Waals surface area contributed by atoms with Crippen molar-refractivity contribution < 1.29 is 14.3 Å². The van der Waals surface area contributed by atoms with Crippen molar-refractivity contribution in [1.82, 2.24) is 14.6 Å². The van der Waals surface area contributed by atoms with Gasteiger partial charge in [0.25, 0.3) is 5.91 Å². The highest BCUT2D eigenvalue weighted by Crippen LogP contribution is 2.39. The molecular weight excluding hydrogens is 382 g/mol. The molecule has 1 fully saturated rings. The van der Waals surface area contributed by atoms with Gasteiger partial charge in [-0.3, -0.25) is 9.59 Å². The van der Waals surface area contributed by atoms with Crippen LogP contribution in [0.15, 0.2) is 36.9 Å². The molecule has 158 valence electrons. The fourth-order valence-corrected chi connectivity index (χ4v) is 4.58.